The third-order valence-corrected chi connectivity index (χ3v) is 1.82. The van der Waals surface area contributed by atoms with E-state index in [0.29, 0.717) is 0 Å². The Morgan fingerprint density at radius 1 is 1.47 bits per heavy atom. The Bertz CT molecular complexity index is 437. The molecule has 0 N–H and O–H groups in total. The standard InChI is InChI=1S/C10H8FNO3/c1-14-9-4-7(10(13)15-2)6(5-12)3-8(9)11/h3-4H,1-2H3. The van der Waals surface area contributed by atoms with Crippen LogP contribution in [0.5, 0.6) is 5.75 Å². The molecular formula is C10H8FNO3. The topological polar surface area (TPSA) is 59.3 Å². The van der Waals surface area contributed by atoms with Crippen LogP contribution in [0.1, 0.15) is 15.9 Å². The van der Waals surface area contributed by atoms with Gasteiger partial charge in [-0.3, -0.25) is 0 Å². The van der Waals surface area contributed by atoms with Gasteiger partial charge in [0.1, 0.15) is 6.07 Å². The first-order chi connectivity index (χ1) is 7.13. The summed E-state index contributed by atoms with van der Waals surface area (Å²) in [6.45, 7) is 0. The molecule has 1 aromatic carbocycles. The summed E-state index contributed by atoms with van der Waals surface area (Å²) in [4.78, 5) is 11.2. The molecule has 0 radical (unpaired) electrons. The molecule has 5 heteroatoms. The maximum Gasteiger partial charge on any atom is 0.339 e. The van der Waals surface area contributed by atoms with E-state index in [0.717, 1.165) is 12.1 Å². The number of benzene rings is 1. The van der Waals surface area contributed by atoms with Gasteiger partial charge < -0.3 is 9.47 Å². The first kappa shape index (κ1) is 11.0. The van der Waals surface area contributed by atoms with Gasteiger partial charge in [0.15, 0.2) is 11.6 Å². The molecular weight excluding hydrogens is 201 g/mol. The number of nitrogens with zero attached hydrogens (tertiary/aromatic N) is 1. The van der Waals surface area contributed by atoms with Gasteiger partial charge in [-0.2, -0.15) is 5.26 Å². The van der Waals surface area contributed by atoms with Crippen LogP contribution in [-0.2, 0) is 4.74 Å². The van der Waals surface area contributed by atoms with Gasteiger partial charge in [-0.25, -0.2) is 9.18 Å². The average Bonchev–Trinajstić information content (AvgIpc) is 2.27. The first-order valence-electron chi connectivity index (χ1n) is 4.00. The van der Waals surface area contributed by atoms with E-state index in [1.165, 1.54) is 14.2 Å². The van der Waals surface area contributed by atoms with Gasteiger partial charge in [0.05, 0.1) is 25.3 Å². The van der Waals surface area contributed by atoms with Crippen LogP contribution in [0.25, 0.3) is 0 Å². The number of esters is 1. The molecule has 0 aliphatic heterocycles. The summed E-state index contributed by atoms with van der Waals surface area (Å²) >= 11 is 0. The summed E-state index contributed by atoms with van der Waals surface area (Å²) in [7, 11) is 2.45. The van der Waals surface area contributed by atoms with Crippen LogP contribution >= 0.6 is 0 Å². The van der Waals surface area contributed by atoms with Crippen LogP contribution < -0.4 is 4.74 Å². The quantitative estimate of drug-likeness (QED) is 0.692. The zero-order valence-corrected chi connectivity index (χ0v) is 8.20. The monoisotopic (exact) mass is 209 g/mol. The lowest BCUT2D eigenvalue weighted by atomic mass is 10.1. The third kappa shape index (κ3) is 2.05. The third-order valence-electron chi connectivity index (χ3n) is 1.82. The molecule has 0 heterocycles. The molecule has 0 saturated carbocycles. The van der Waals surface area contributed by atoms with E-state index < -0.39 is 11.8 Å². The first-order valence-corrected chi connectivity index (χ1v) is 4.00. The molecule has 0 bridgehead atoms. The van der Waals surface area contributed by atoms with E-state index in [9.17, 15) is 9.18 Å². The van der Waals surface area contributed by atoms with E-state index in [2.05, 4.69) is 9.47 Å². The number of carbonyl (C=O) groups is 1. The predicted molar refractivity (Wildman–Crippen MR) is 49.0 cm³/mol. The van der Waals surface area contributed by atoms with Crippen molar-refractivity contribution in [3.05, 3.63) is 29.1 Å². The predicted octanol–water partition coefficient (Wildman–Crippen LogP) is 1.49. The molecule has 0 atom stereocenters. The fraction of sp³-hybridized carbons (Fsp3) is 0.200. The smallest absolute Gasteiger partial charge is 0.339 e. The maximum atomic E-state index is 13.2. The van der Waals surface area contributed by atoms with Gasteiger partial charge in [0.25, 0.3) is 0 Å². The van der Waals surface area contributed by atoms with Crippen molar-refractivity contribution in [1.29, 1.82) is 5.26 Å². The van der Waals surface area contributed by atoms with E-state index in [-0.39, 0.29) is 16.9 Å². The Labute approximate surface area is 85.8 Å². The van der Waals surface area contributed by atoms with Crippen LogP contribution in [-0.4, -0.2) is 20.2 Å². The number of hydrogen-bond acceptors (Lipinski definition) is 4. The molecule has 15 heavy (non-hydrogen) atoms. The van der Waals surface area contributed by atoms with E-state index in [1.54, 1.807) is 6.07 Å². The molecule has 78 valence electrons. The van der Waals surface area contributed by atoms with Gasteiger partial charge in [0, 0.05) is 0 Å². The molecule has 0 unspecified atom stereocenters. The molecule has 0 aliphatic carbocycles. The molecule has 0 amide bonds. The lowest BCUT2D eigenvalue weighted by molar-refractivity contribution is 0.0600. The number of ether oxygens (including phenoxy) is 2. The van der Waals surface area contributed by atoms with Crippen molar-refractivity contribution in [2.24, 2.45) is 0 Å². The molecule has 0 spiro atoms. The largest absolute Gasteiger partial charge is 0.494 e. The minimum Gasteiger partial charge on any atom is -0.494 e. The maximum absolute atomic E-state index is 13.2. The fourth-order valence-corrected chi connectivity index (χ4v) is 1.08. The highest BCUT2D eigenvalue weighted by molar-refractivity contribution is 5.92. The molecule has 0 aromatic heterocycles. The molecule has 1 aromatic rings. The molecule has 0 saturated heterocycles. The van der Waals surface area contributed by atoms with Gasteiger partial charge in [-0.15, -0.1) is 0 Å². The highest BCUT2D eigenvalue weighted by Crippen LogP contribution is 2.22. The lowest BCUT2D eigenvalue weighted by Gasteiger charge is -2.06. The van der Waals surface area contributed by atoms with Gasteiger partial charge in [-0.05, 0) is 12.1 Å². The van der Waals surface area contributed by atoms with E-state index >= 15 is 0 Å². The van der Waals surface area contributed by atoms with Crippen LogP contribution in [0.2, 0.25) is 0 Å². The average molecular weight is 209 g/mol. The second kappa shape index (κ2) is 4.42. The Morgan fingerprint density at radius 2 is 2.13 bits per heavy atom. The summed E-state index contributed by atoms with van der Waals surface area (Å²) in [5.74, 6) is -1.50. The Morgan fingerprint density at radius 3 is 2.60 bits per heavy atom. The molecule has 0 fully saturated rings. The second-order valence-electron chi connectivity index (χ2n) is 2.64. The van der Waals surface area contributed by atoms with Crippen molar-refractivity contribution in [3.8, 4) is 11.8 Å². The summed E-state index contributed by atoms with van der Waals surface area (Å²) in [5, 5.41) is 8.69. The lowest BCUT2D eigenvalue weighted by Crippen LogP contribution is -2.05. The number of carbonyl (C=O) groups excluding carboxylic acids is 1. The highest BCUT2D eigenvalue weighted by Gasteiger charge is 2.16. The summed E-state index contributed by atoms with van der Waals surface area (Å²) in [5.41, 5.74) is -0.0987. The minimum atomic E-state index is -0.704. The highest BCUT2D eigenvalue weighted by atomic mass is 19.1. The summed E-state index contributed by atoms with van der Waals surface area (Å²) in [6.07, 6.45) is 0. The SMILES string of the molecule is COC(=O)c1cc(OC)c(F)cc1C#N. The van der Waals surface area contributed by atoms with Crippen LogP contribution in [0.15, 0.2) is 12.1 Å². The zero-order valence-electron chi connectivity index (χ0n) is 8.20. The van der Waals surface area contributed by atoms with E-state index in [4.69, 9.17) is 5.26 Å². The Balaban J connectivity index is 3.37. The molecule has 4 nitrogen and oxygen atoms in total. The molecule has 1 rings (SSSR count). The van der Waals surface area contributed by atoms with Gasteiger partial charge in [-0.1, -0.05) is 0 Å². The fourth-order valence-electron chi connectivity index (χ4n) is 1.08. The Kier molecular flexibility index (Phi) is 3.24. The number of methoxy groups -OCH3 is 2. The van der Waals surface area contributed by atoms with Crippen LogP contribution in [0.3, 0.4) is 0 Å². The second-order valence-corrected chi connectivity index (χ2v) is 2.64. The van der Waals surface area contributed by atoms with Crippen LogP contribution in [0, 0.1) is 17.1 Å². The van der Waals surface area contributed by atoms with Crippen molar-refractivity contribution in [3.63, 3.8) is 0 Å². The number of hydrogen-bond donors (Lipinski definition) is 0. The zero-order chi connectivity index (χ0) is 11.4. The van der Waals surface area contributed by atoms with Crippen molar-refractivity contribution in [2.75, 3.05) is 14.2 Å². The van der Waals surface area contributed by atoms with Crippen molar-refractivity contribution in [1.82, 2.24) is 0 Å². The van der Waals surface area contributed by atoms with Crippen molar-refractivity contribution in [2.45, 2.75) is 0 Å². The minimum absolute atomic E-state index is 0.0155. The number of nitriles is 1. The number of halogens is 1. The Hall–Kier alpha value is -2.09. The van der Waals surface area contributed by atoms with Gasteiger partial charge in [0.2, 0.25) is 0 Å². The summed E-state index contributed by atoms with van der Waals surface area (Å²) < 4.78 is 22.3. The number of rotatable bonds is 2. The molecule has 0 aliphatic rings. The van der Waals surface area contributed by atoms with E-state index in [1.807, 2.05) is 0 Å². The summed E-state index contributed by atoms with van der Waals surface area (Å²) in [6, 6.07) is 3.78. The van der Waals surface area contributed by atoms with Crippen LogP contribution in [0.4, 0.5) is 4.39 Å². The normalized spacial score (nSPS) is 9.20. The van der Waals surface area contributed by atoms with Gasteiger partial charge >= 0.3 is 5.97 Å². The van der Waals surface area contributed by atoms with Crippen molar-refractivity contribution >= 4 is 5.97 Å². The van der Waals surface area contributed by atoms with Crippen molar-refractivity contribution < 1.29 is 18.7 Å².